The molecular weight excluding hydrogens is 398 g/mol. The average molecular weight is 416 g/mol. The Balaban J connectivity index is 0. The van der Waals surface area contributed by atoms with E-state index in [1.54, 1.807) is 0 Å². The van der Waals surface area contributed by atoms with Crippen LogP contribution in [0.4, 0.5) is 0 Å². The van der Waals surface area contributed by atoms with Crippen LogP contribution in [0.2, 0.25) is 0 Å². The van der Waals surface area contributed by atoms with Crippen molar-refractivity contribution >= 4 is 15.6 Å². The van der Waals surface area contributed by atoms with Gasteiger partial charge in [0.15, 0.2) is 0 Å². The summed E-state index contributed by atoms with van der Waals surface area (Å²) in [5, 5.41) is 15.8. The Morgan fingerprint density at radius 3 is 1.07 bits per heavy atom. The van der Waals surface area contributed by atoms with Crippen LogP contribution in [0.15, 0.2) is 0 Å². The van der Waals surface area contributed by atoms with Crippen LogP contribution in [-0.4, -0.2) is 49.9 Å². The molecule has 0 aliphatic carbocycles. The van der Waals surface area contributed by atoms with Crippen molar-refractivity contribution in [1.82, 2.24) is 0 Å². The summed E-state index contributed by atoms with van der Waals surface area (Å²) in [5.74, 6) is 12.6. The summed E-state index contributed by atoms with van der Waals surface area (Å²) in [5.41, 5.74) is 0. The minimum absolute atomic E-state index is 0.166. The largest absolute Gasteiger partial charge is 0.485 e. The summed E-state index contributed by atoms with van der Waals surface area (Å²) in [6.45, 7) is -2.14. The normalized spacial score (nSPS) is 9.85. The van der Waals surface area contributed by atoms with Gasteiger partial charge < -0.3 is 10.2 Å². The van der Waals surface area contributed by atoms with E-state index < -0.39 is 42.1 Å². The predicted molar refractivity (Wildman–Crippen MR) is 97.4 cm³/mol. The quantitative estimate of drug-likeness (QED) is 0.393. The first-order valence-corrected chi connectivity index (χ1v) is 9.69. The second-order valence-electron chi connectivity index (χ2n) is 3.56. The lowest BCUT2D eigenvalue weighted by atomic mass is 10.6. The highest BCUT2D eigenvalue weighted by Gasteiger charge is 2.40. The first-order chi connectivity index (χ1) is 12.9. The van der Waals surface area contributed by atoms with Gasteiger partial charge in [-0.15, -0.1) is 25.7 Å². The summed E-state index contributed by atoms with van der Waals surface area (Å²) in [6, 6.07) is 0. The highest BCUT2D eigenvalue weighted by molar-refractivity contribution is 7.62. The van der Waals surface area contributed by atoms with Gasteiger partial charge in [0.05, 0.1) is 0 Å². The third-order valence-corrected chi connectivity index (χ3v) is 5.09. The molecule has 0 rings (SSSR count). The molecule has 0 saturated heterocycles. The van der Waals surface area contributed by atoms with Crippen LogP contribution in [0.25, 0.3) is 0 Å². The number of phosphoric ester groups is 2. The van der Waals surface area contributed by atoms with Crippen LogP contribution >= 0.6 is 15.6 Å². The predicted octanol–water partition coefficient (Wildman–Crippen LogP) is 0.793. The van der Waals surface area contributed by atoms with Gasteiger partial charge in [0.1, 0.15) is 39.6 Å². The van der Waals surface area contributed by atoms with Crippen molar-refractivity contribution in [3.63, 3.8) is 0 Å². The first-order valence-electron chi connectivity index (χ1n) is 6.77. The molecule has 0 aromatic heterocycles. The van der Waals surface area contributed by atoms with Gasteiger partial charge in [-0.05, 0) is 0 Å². The van der Waals surface area contributed by atoms with Crippen molar-refractivity contribution < 1.29 is 41.7 Å². The highest BCUT2D eigenvalue weighted by Crippen LogP contribution is 2.65. The van der Waals surface area contributed by atoms with Crippen LogP contribution in [0.1, 0.15) is 0 Å². The maximum absolute atomic E-state index is 12.2. The number of rotatable bonds is 10. The third-order valence-electron chi connectivity index (χ3n) is 1.71. The number of hydrogen-bond donors (Lipinski definition) is 2. The zero-order chi connectivity index (χ0) is 21.0. The minimum Gasteiger partial charge on any atom is -0.384 e. The molecule has 0 radical (unpaired) electrons. The molecule has 0 spiro atoms. The number of phosphoric acid groups is 2. The van der Waals surface area contributed by atoms with Gasteiger partial charge in [0, 0.05) is 0 Å². The average Bonchev–Trinajstić information content (AvgIpc) is 2.66. The van der Waals surface area contributed by atoms with E-state index in [0.29, 0.717) is 0 Å². The van der Waals surface area contributed by atoms with E-state index in [1.807, 2.05) is 23.7 Å². The van der Waals surface area contributed by atoms with E-state index >= 15 is 0 Å². The van der Waals surface area contributed by atoms with Crippen molar-refractivity contribution in [3.05, 3.63) is 0 Å². The molecule has 0 aliphatic rings. The highest BCUT2D eigenvalue weighted by atomic mass is 31.3. The summed E-state index contributed by atoms with van der Waals surface area (Å²) in [4.78, 5) is 0. The molecule has 0 amide bonds. The van der Waals surface area contributed by atoms with Crippen molar-refractivity contribution in [1.29, 1.82) is 0 Å². The number of aliphatic hydroxyl groups excluding tert-OH is 2. The molecule has 9 nitrogen and oxygen atoms in total. The lowest BCUT2D eigenvalue weighted by molar-refractivity contribution is 0.134. The fourth-order valence-corrected chi connectivity index (χ4v) is 3.68. The molecule has 27 heavy (non-hydrogen) atoms. The van der Waals surface area contributed by atoms with E-state index in [4.69, 9.17) is 35.9 Å². The fraction of sp³-hybridized carbons (Fsp3) is 0.375. The van der Waals surface area contributed by atoms with Crippen molar-refractivity contribution in [3.8, 4) is 61.2 Å². The first kappa shape index (κ1) is 27.2. The van der Waals surface area contributed by atoms with Crippen LogP contribution in [0, 0.1) is 61.2 Å². The molecule has 2 N–H and O–H groups in total. The summed E-state index contributed by atoms with van der Waals surface area (Å²) >= 11 is 0. The molecule has 0 fully saturated rings. The molecule has 0 unspecified atom stereocenters. The summed E-state index contributed by atoms with van der Waals surface area (Å²) in [7, 11) is -8.78. The van der Waals surface area contributed by atoms with Crippen LogP contribution < -0.4 is 0 Å². The summed E-state index contributed by atoms with van der Waals surface area (Å²) < 4.78 is 47.8. The molecule has 0 heterocycles. The fourth-order valence-electron chi connectivity index (χ4n) is 0.868. The Morgan fingerprint density at radius 2 is 0.889 bits per heavy atom. The van der Waals surface area contributed by atoms with Crippen LogP contribution in [-0.2, 0) is 31.5 Å². The monoisotopic (exact) mass is 416 g/mol. The Kier molecular flexibility index (Phi) is 17.5. The van der Waals surface area contributed by atoms with E-state index in [9.17, 15) is 9.13 Å². The standard InChI is InChI=1S/C12H12O7P2.C4H6O2/c1-5-9-15-20(13,16-10-6-2)19-21(14,17-11-7-3)18-12-8-4;5-3-1-2-4-6/h1-4H,9-12H2;5-6H,3-4H2. The van der Waals surface area contributed by atoms with Crippen molar-refractivity contribution in [2.45, 2.75) is 0 Å². The number of aliphatic hydroxyl groups is 2. The Bertz CT molecular complexity index is 634. The topological polar surface area (TPSA) is 121 Å². The smallest absolute Gasteiger partial charge is 0.384 e. The molecule has 0 atom stereocenters. The molecule has 0 aliphatic heterocycles. The Morgan fingerprint density at radius 1 is 0.630 bits per heavy atom. The molecular formula is C16H18O9P2. The Labute approximate surface area is 158 Å². The molecule has 146 valence electrons. The Hall–Kier alpha value is -2.02. The maximum atomic E-state index is 12.2. The van der Waals surface area contributed by atoms with Gasteiger partial charge in [0.25, 0.3) is 0 Å². The maximum Gasteiger partial charge on any atom is 0.485 e. The van der Waals surface area contributed by atoms with Gasteiger partial charge in [-0.25, -0.2) is 9.13 Å². The molecule has 0 aromatic carbocycles. The van der Waals surface area contributed by atoms with Gasteiger partial charge in [-0.3, -0.25) is 18.1 Å². The SMILES string of the molecule is C#CCOP(=O)(OCC#C)OP(=O)(OCC#C)OCC#C.OCC#CCO. The summed E-state index contributed by atoms with van der Waals surface area (Å²) in [6.07, 6.45) is 19.8. The molecule has 11 heteroatoms. The van der Waals surface area contributed by atoms with Gasteiger partial charge in [-0.1, -0.05) is 35.5 Å². The third kappa shape index (κ3) is 15.9. The molecule has 0 bridgehead atoms. The number of hydrogen-bond acceptors (Lipinski definition) is 9. The second-order valence-corrected chi connectivity index (χ2v) is 7.03. The van der Waals surface area contributed by atoms with Gasteiger partial charge >= 0.3 is 15.6 Å². The van der Waals surface area contributed by atoms with E-state index in [2.05, 4.69) is 34.2 Å². The van der Waals surface area contributed by atoms with E-state index in [-0.39, 0.29) is 13.2 Å². The molecule has 0 saturated carbocycles. The lowest BCUT2D eigenvalue weighted by Gasteiger charge is -2.20. The van der Waals surface area contributed by atoms with E-state index in [0.717, 1.165) is 0 Å². The van der Waals surface area contributed by atoms with Gasteiger partial charge in [0.2, 0.25) is 0 Å². The zero-order valence-corrected chi connectivity index (χ0v) is 16.0. The lowest BCUT2D eigenvalue weighted by Crippen LogP contribution is -2.05. The van der Waals surface area contributed by atoms with Crippen LogP contribution in [0.3, 0.4) is 0 Å². The minimum atomic E-state index is -4.39. The van der Waals surface area contributed by atoms with Gasteiger partial charge in [-0.2, -0.15) is 4.31 Å². The van der Waals surface area contributed by atoms with Crippen LogP contribution in [0.5, 0.6) is 0 Å². The number of terminal acetylenes is 4. The molecule has 0 aromatic rings. The van der Waals surface area contributed by atoms with Crippen molar-refractivity contribution in [2.24, 2.45) is 0 Å². The van der Waals surface area contributed by atoms with E-state index in [1.165, 1.54) is 0 Å². The second kappa shape index (κ2) is 17.4. The zero-order valence-electron chi connectivity index (χ0n) is 14.2. The van der Waals surface area contributed by atoms with Crippen molar-refractivity contribution in [2.75, 3.05) is 39.6 Å².